The maximum atomic E-state index is 6.04. The molecule has 0 atom stereocenters. The van der Waals surface area contributed by atoms with Gasteiger partial charge in [0.15, 0.2) is 11.7 Å². The lowest BCUT2D eigenvalue weighted by molar-refractivity contribution is 0.364. The Bertz CT molecular complexity index is 802. The van der Waals surface area contributed by atoms with Gasteiger partial charge < -0.3 is 9.47 Å². The summed E-state index contributed by atoms with van der Waals surface area (Å²) in [6.07, 6.45) is 0. The number of hydrogen-bond acceptors (Lipinski definition) is 6. The minimum Gasteiger partial charge on any atom is -0.484 e. The minimum absolute atomic E-state index is 0.148. The number of benzene rings is 2. The third-order valence-corrected chi connectivity index (χ3v) is 4.22. The lowest BCUT2D eigenvalue weighted by Gasteiger charge is -2.16. The predicted octanol–water partition coefficient (Wildman–Crippen LogP) is 4.58. The van der Waals surface area contributed by atoms with Gasteiger partial charge in [-0.05, 0) is 36.4 Å². The van der Waals surface area contributed by atoms with Crippen LogP contribution in [0.2, 0.25) is 20.1 Å². The van der Waals surface area contributed by atoms with E-state index in [1.807, 2.05) is 0 Å². The number of rotatable bonds is 6. The fourth-order valence-electron chi connectivity index (χ4n) is 1.92. The molecule has 0 bridgehead atoms. The normalized spacial score (nSPS) is 13.2. The van der Waals surface area contributed by atoms with Gasteiger partial charge >= 0.3 is 0 Å². The van der Waals surface area contributed by atoms with E-state index in [-0.39, 0.29) is 13.2 Å². The molecule has 1 heterocycles. The molecule has 0 fully saturated rings. The number of nitrogens with one attached hydrogen (secondary N) is 2. The first-order valence-corrected chi connectivity index (χ1v) is 8.83. The highest BCUT2D eigenvalue weighted by Crippen LogP contribution is 2.28. The zero-order chi connectivity index (χ0) is 18.5. The van der Waals surface area contributed by atoms with Gasteiger partial charge in [-0.3, -0.25) is 10.9 Å². The van der Waals surface area contributed by atoms with Crippen molar-refractivity contribution >= 4 is 58.1 Å². The lowest BCUT2D eigenvalue weighted by atomic mass is 10.3. The van der Waals surface area contributed by atoms with Crippen LogP contribution in [0.25, 0.3) is 0 Å². The second kappa shape index (κ2) is 8.68. The SMILES string of the molecule is Clc1ccc(OCC2=NNC(COc3ccc(Cl)cc3Cl)=NN2)c(Cl)c1. The largest absolute Gasteiger partial charge is 0.484 e. The first-order valence-electron chi connectivity index (χ1n) is 7.32. The molecule has 26 heavy (non-hydrogen) atoms. The van der Waals surface area contributed by atoms with Crippen LogP contribution in [0.4, 0.5) is 0 Å². The van der Waals surface area contributed by atoms with E-state index in [1.54, 1.807) is 36.4 Å². The highest BCUT2D eigenvalue weighted by atomic mass is 35.5. The highest BCUT2D eigenvalue weighted by Gasteiger charge is 2.11. The van der Waals surface area contributed by atoms with Crippen molar-refractivity contribution in [1.29, 1.82) is 0 Å². The van der Waals surface area contributed by atoms with Crippen LogP contribution in [-0.4, -0.2) is 24.9 Å². The van der Waals surface area contributed by atoms with Crippen LogP contribution in [0.1, 0.15) is 0 Å². The molecule has 6 nitrogen and oxygen atoms in total. The van der Waals surface area contributed by atoms with E-state index in [1.165, 1.54) is 0 Å². The van der Waals surface area contributed by atoms with Gasteiger partial charge in [-0.15, -0.1) is 0 Å². The summed E-state index contributed by atoms with van der Waals surface area (Å²) in [6, 6.07) is 9.93. The Kier molecular flexibility index (Phi) is 6.32. The Morgan fingerprint density at radius 3 is 1.46 bits per heavy atom. The molecule has 136 valence electrons. The maximum Gasteiger partial charge on any atom is 0.180 e. The number of amidine groups is 2. The molecule has 0 aliphatic carbocycles. The summed E-state index contributed by atoms with van der Waals surface area (Å²) >= 11 is 23.8. The van der Waals surface area contributed by atoms with E-state index in [0.29, 0.717) is 43.3 Å². The van der Waals surface area contributed by atoms with Crippen LogP contribution >= 0.6 is 46.4 Å². The van der Waals surface area contributed by atoms with Crippen LogP contribution in [0.3, 0.4) is 0 Å². The minimum atomic E-state index is 0.148. The summed E-state index contributed by atoms with van der Waals surface area (Å²) < 4.78 is 11.1. The molecule has 1 aliphatic rings. The van der Waals surface area contributed by atoms with Crippen molar-refractivity contribution in [3.05, 3.63) is 56.5 Å². The smallest absolute Gasteiger partial charge is 0.180 e. The summed E-state index contributed by atoms with van der Waals surface area (Å²) in [5, 5.41) is 10.1. The first-order chi connectivity index (χ1) is 12.5. The van der Waals surface area contributed by atoms with Gasteiger partial charge in [-0.2, -0.15) is 10.2 Å². The molecular formula is C16H12Cl4N4O2. The van der Waals surface area contributed by atoms with E-state index >= 15 is 0 Å². The second-order valence-corrected chi connectivity index (χ2v) is 6.75. The van der Waals surface area contributed by atoms with E-state index in [2.05, 4.69) is 21.1 Å². The van der Waals surface area contributed by atoms with Gasteiger partial charge in [0.25, 0.3) is 0 Å². The molecule has 0 radical (unpaired) electrons. The highest BCUT2D eigenvalue weighted by molar-refractivity contribution is 6.36. The maximum absolute atomic E-state index is 6.04. The zero-order valence-corrected chi connectivity index (χ0v) is 16.1. The predicted molar refractivity (Wildman–Crippen MR) is 105 cm³/mol. The average Bonchev–Trinajstić information content (AvgIpc) is 2.61. The molecule has 2 aromatic carbocycles. The van der Waals surface area contributed by atoms with Crippen molar-refractivity contribution < 1.29 is 9.47 Å². The molecule has 0 spiro atoms. The quantitative estimate of drug-likeness (QED) is 0.699. The van der Waals surface area contributed by atoms with Crippen molar-refractivity contribution in [2.45, 2.75) is 0 Å². The van der Waals surface area contributed by atoms with Gasteiger partial charge in [0.1, 0.15) is 24.7 Å². The Balaban J connectivity index is 1.48. The standard InChI is InChI=1S/C16H12Cl4N4O2/c17-9-1-3-13(11(19)5-9)25-7-15-21-23-16(24-22-15)8-26-14-4-2-10(18)6-12(14)20/h1-6H,7-8H2,(H,21,22)(H,23,24). The van der Waals surface area contributed by atoms with E-state index in [4.69, 9.17) is 55.9 Å². The van der Waals surface area contributed by atoms with Crippen molar-refractivity contribution in [3.63, 3.8) is 0 Å². The molecule has 1 aliphatic heterocycles. The molecule has 0 saturated heterocycles. The Hall–Kier alpha value is -1.86. The van der Waals surface area contributed by atoms with Gasteiger partial charge in [0.2, 0.25) is 0 Å². The van der Waals surface area contributed by atoms with Gasteiger partial charge in [0.05, 0.1) is 10.0 Å². The zero-order valence-electron chi connectivity index (χ0n) is 13.1. The number of halogens is 4. The fraction of sp³-hybridized carbons (Fsp3) is 0.125. The summed E-state index contributed by atoms with van der Waals surface area (Å²) in [7, 11) is 0. The summed E-state index contributed by atoms with van der Waals surface area (Å²) in [6.45, 7) is 0.296. The fourth-order valence-corrected chi connectivity index (χ4v) is 2.85. The number of hydrogen-bond donors (Lipinski definition) is 2. The average molecular weight is 434 g/mol. The van der Waals surface area contributed by atoms with Crippen LogP contribution in [0.15, 0.2) is 46.6 Å². The summed E-state index contributed by atoms with van der Waals surface area (Å²) in [4.78, 5) is 0. The number of ether oxygens (including phenoxy) is 2. The van der Waals surface area contributed by atoms with Crippen molar-refractivity contribution in [1.82, 2.24) is 10.9 Å². The van der Waals surface area contributed by atoms with Gasteiger partial charge in [-0.1, -0.05) is 46.4 Å². The van der Waals surface area contributed by atoms with E-state index in [9.17, 15) is 0 Å². The summed E-state index contributed by atoms with van der Waals surface area (Å²) in [5.74, 6) is 1.95. The van der Waals surface area contributed by atoms with Crippen molar-refractivity contribution in [2.24, 2.45) is 10.2 Å². The lowest BCUT2D eigenvalue weighted by Crippen LogP contribution is -2.39. The third-order valence-electron chi connectivity index (χ3n) is 3.16. The van der Waals surface area contributed by atoms with Crippen LogP contribution in [0.5, 0.6) is 11.5 Å². The van der Waals surface area contributed by atoms with Crippen LogP contribution in [0, 0.1) is 0 Å². The van der Waals surface area contributed by atoms with Crippen LogP contribution in [-0.2, 0) is 0 Å². The van der Waals surface area contributed by atoms with Gasteiger partial charge in [-0.25, -0.2) is 0 Å². The monoisotopic (exact) mass is 432 g/mol. The topological polar surface area (TPSA) is 67.2 Å². The Labute approximate surface area is 169 Å². The molecule has 10 heteroatoms. The molecule has 0 saturated carbocycles. The molecule has 2 N–H and O–H groups in total. The van der Waals surface area contributed by atoms with Crippen molar-refractivity contribution in [2.75, 3.05) is 13.2 Å². The second-order valence-electron chi connectivity index (χ2n) is 5.07. The first kappa shape index (κ1) is 18.9. The van der Waals surface area contributed by atoms with E-state index < -0.39 is 0 Å². The molecule has 3 rings (SSSR count). The molecule has 0 aromatic heterocycles. The molecule has 2 aromatic rings. The summed E-state index contributed by atoms with van der Waals surface area (Å²) in [5.41, 5.74) is 5.55. The third kappa shape index (κ3) is 5.08. The molecule has 0 amide bonds. The number of hydrazone groups is 2. The van der Waals surface area contributed by atoms with Crippen molar-refractivity contribution in [3.8, 4) is 11.5 Å². The van der Waals surface area contributed by atoms with Gasteiger partial charge in [0, 0.05) is 10.0 Å². The van der Waals surface area contributed by atoms with E-state index in [0.717, 1.165) is 0 Å². The Morgan fingerprint density at radius 1 is 0.692 bits per heavy atom. The molecule has 0 unspecified atom stereocenters. The number of nitrogens with zero attached hydrogens (tertiary/aromatic N) is 2. The Morgan fingerprint density at radius 2 is 1.12 bits per heavy atom. The molecular weight excluding hydrogens is 422 g/mol. The van der Waals surface area contributed by atoms with Crippen LogP contribution < -0.4 is 20.3 Å².